The molecule has 0 aliphatic carbocycles. The van der Waals surface area contributed by atoms with E-state index in [-0.39, 0.29) is 16.8 Å². The zero-order chi connectivity index (χ0) is 21.5. The van der Waals surface area contributed by atoms with Crippen molar-refractivity contribution in [3.63, 3.8) is 0 Å². The van der Waals surface area contributed by atoms with E-state index in [1.165, 1.54) is 31.4 Å². The lowest BCUT2D eigenvalue weighted by Gasteiger charge is -2.05. The van der Waals surface area contributed by atoms with Crippen LogP contribution in [0.3, 0.4) is 0 Å². The summed E-state index contributed by atoms with van der Waals surface area (Å²) in [6.07, 6.45) is 0. The first-order valence-electron chi connectivity index (χ1n) is 8.46. The Morgan fingerprint density at radius 3 is 2.33 bits per heavy atom. The van der Waals surface area contributed by atoms with Gasteiger partial charge in [-0.3, -0.25) is 14.9 Å². The fourth-order valence-electron chi connectivity index (χ4n) is 2.22. The highest BCUT2D eigenvalue weighted by molar-refractivity contribution is 8.01. The fraction of sp³-hybridized carbons (Fsp3) is 0.105. The molecule has 8 nitrogen and oxygen atoms in total. The van der Waals surface area contributed by atoms with Crippen LogP contribution in [-0.4, -0.2) is 40.8 Å². The quantitative estimate of drug-likeness (QED) is 0.325. The molecule has 3 aromatic rings. The zero-order valence-electron chi connectivity index (χ0n) is 15.5. The molecule has 0 saturated carbocycles. The van der Waals surface area contributed by atoms with Crippen LogP contribution in [0.15, 0.2) is 52.9 Å². The molecule has 2 N–H and O–H groups in total. The topological polar surface area (TPSA) is 110 Å². The summed E-state index contributed by atoms with van der Waals surface area (Å²) in [5.74, 6) is -1.51. The molecule has 0 atom stereocenters. The predicted octanol–water partition coefficient (Wildman–Crippen LogP) is 3.45. The van der Waals surface area contributed by atoms with Crippen molar-refractivity contribution in [3.05, 3.63) is 65.5 Å². The highest BCUT2D eigenvalue weighted by atomic mass is 32.2. The van der Waals surface area contributed by atoms with E-state index in [2.05, 4.69) is 25.6 Å². The van der Waals surface area contributed by atoms with Crippen LogP contribution in [0.1, 0.15) is 20.7 Å². The lowest BCUT2D eigenvalue weighted by atomic mass is 10.2. The van der Waals surface area contributed by atoms with E-state index in [0.29, 0.717) is 21.2 Å². The maximum absolute atomic E-state index is 12.9. The summed E-state index contributed by atoms with van der Waals surface area (Å²) in [5, 5.41) is 13.3. The van der Waals surface area contributed by atoms with Crippen molar-refractivity contribution in [1.82, 2.24) is 10.2 Å². The molecule has 154 valence electrons. The Kier molecular flexibility index (Phi) is 7.09. The highest BCUT2D eigenvalue weighted by Gasteiger charge is 2.12. The van der Waals surface area contributed by atoms with Gasteiger partial charge in [0.1, 0.15) is 5.82 Å². The number of carbonyl (C=O) groups is 3. The lowest BCUT2D eigenvalue weighted by Crippen LogP contribution is -2.14. The Bertz CT molecular complexity index is 1060. The number of rotatable bonds is 7. The van der Waals surface area contributed by atoms with Gasteiger partial charge in [-0.05, 0) is 48.5 Å². The van der Waals surface area contributed by atoms with Crippen LogP contribution in [0, 0.1) is 5.82 Å². The molecule has 0 aliphatic heterocycles. The van der Waals surface area contributed by atoms with Crippen molar-refractivity contribution >= 4 is 51.7 Å². The highest BCUT2D eigenvalue weighted by Crippen LogP contribution is 2.26. The number of aromatic nitrogens is 2. The van der Waals surface area contributed by atoms with Gasteiger partial charge in [0.25, 0.3) is 5.91 Å². The number of anilines is 2. The Hall–Kier alpha value is -3.31. The average Bonchev–Trinajstić information content (AvgIpc) is 3.20. The number of nitrogens with zero attached hydrogens (tertiary/aromatic N) is 2. The standard InChI is InChI=1S/C19H15FN4O4S2/c1-28-17(27)12-4-8-14(9-5-12)21-15(25)10-29-19-24-23-18(30-19)22-16(26)11-2-6-13(20)7-3-11/h2-9H,10H2,1H3,(H,21,25)(H,22,23,26). The zero-order valence-corrected chi connectivity index (χ0v) is 17.2. The average molecular weight is 446 g/mol. The molecule has 1 heterocycles. The SMILES string of the molecule is COC(=O)c1ccc(NC(=O)CSc2nnc(NC(=O)c3ccc(F)cc3)s2)cc1. The Morgan fingerprint density at radius 2 is 1.67 bits per heavy atom. The van der Waals surface area contributed by atoms with E-state index in [1.807, 2.05) is 0 Å². The maximum Gasteiger partial charge on any atom is 0.337 e. The Balaban J connectivity index is 1.48. The maximum atomic E-state index is 12.9. The summed E-state index contributed by atoms with van der Waals surface area (Å²) in [5.41, 5.74) is 1.21. The number of hydrogen-bond acceptors (Lipinski definition) is 8. The van der Waals surface area contributed by atoms with E-state index in [4.69, 9.17) is 0 Å². The molecule has 3 rings (SSSR count). The molecule has 0 fully saturated rings. The van der Waals surface area contributed by atoms with Crippen LogP contribution in [0.25, 0.3) is 0 Å². The summed E-state index contributed by atoms with van der Waals surface area (Å²) < 4.78 is 18.0. The number of thioether (sulfide) groups is 1. The van der Waals surface area contributed by atoms with Crippen LogP contribution in [0.5, 0.6) is 0 Å². The van der Waals surface area contributed by atoms with E-state index in [1.54, 1.807) is 24.3 Å². The minimum absolute atomic E-state index is 0.0826. The van der Waals surface area contributed by atoms with Gasteiger partial charge in [0.2, 0.25) is 11.0 Å². The van der Waals surface area contributed by atoms with E-state index < -0.39 is 17.7 Å². The number of methoxy groups -OCH3 is 1. The van der Waals surface area contributed by atoms with Gasteiger partial charge >= 0.3 is 5.97 Å². The Labute approximate surface area is 178 Å². The van der Waals surface area contributed by atoms with Gasteiger partial charge in [0.15, 0.2) is 4.34 Å². The van der Waals surface area contributed by atoms with Crippen molar-refractivity contribution < 1.29 is 23.5 Å². The molecular weight excluding hydrogens is 431 g/mol. The van der Waals surface area contributed by atoms with Gasteiger partial charge in [-0.25, -0.2) is 9.18 Å². The molecule has 0 saturated heterocycles. The summed E-state index contributed by atoms with van der Waals surface area (Å²) in [6, 6.07) is 11.4. The summed E-state index contributed by atoms with van der Waals surface area (Å²) in [6.45, 7) is 0. The van der Waals surface area contributed by atoms with E-state index in [9.17, 15) is 18.8 Å². The third-order valence-corrected chi connectivity index (χ3v) is 5.62. The molecule has 1 aromatic heterocycles. The van der Waals surface area contributed by atoms with Crippen LogP contribution >= 0.6 is 23.1 Å². The molecule has 30 heavy (non-hydrogen) atoms. The molecule has 2 amide bonds. The number of esters is 1. The van der Waals surface area contributed by atoms with Crippen LogP contribution < -0.4 is 10.6 Å². The van der Waals surface area contributed by atoms with Crippen molar-refractivity contribution in [2.24, 2.45) is 0 Å². The number of hydrogen-bond donors (Lipinski definition) is 2. The van der Waals surface area contributed by atoms with Crippen molar-refractivity contribution in [2.45, 2.75) is 4.34 Å². The van der Waals surface area contributed by atoms with Crippen LogP contribution in [-0.2, 0) is 9.53 Å². The summed E-state index contributed by atoms with van der Waals surface area (Å²) in [7, 11) is 1.29. The summed E-state index contributed by atoms with van der Waals surface area (Å²) >= 11 is 2.28. The monoisotopic (exact) mass is 446 g/mol. The normalized spacial score (nSPS) is 10.3. The van der Waals surface area contributed by atoms with Crippen molar-refractivity contribution in [1.29, 1.82) is 0 Å². The second-order valence-corrected chi connectivity index (χ2v) is 7.94. The van der Waals surface area contributed by atoms with E-state index in [0.717, 1.165) is 23.1 Å². The Morgan fingerprint density at radius 1 is 1.00 bits per heavy atom. The number of halogens is 1. The molecular formula is C19H15FN4O4S2. The third kappa shape index (κ3) is 5.84. The van der Waals surface area contributed by atoms with Crippen LogP contribution in [0.2, 0.25) is 0 Å². The van der Waals surface area contributed by atoms with Gasteiger partial charge in [0, 0.05) is 11.3 Å². The molecule has 0 spiro atoms. The lowest BCUT2D eigenvalue weighted by molar-refractivity contribution is -0.113. The van der Waals surface area contributed by atoms with Gasteiger partial charge in [-0.2, -0.15) is 0 Å². The van der Waals surface area contributed by atoms with Crippen LogP contribution in [0.4, 0.5) is 15.2 Å². The summed E-state index contributed by atoms with van der Waals surface area (Å²) in [4.78, 5) is 35.6. The second-order valence-electron chi connectivity index (χ2n) is 5.74. The first-order valence-corrected chi connectivity index (χ1v) is 10.3. The van der Waals surface area contributed by atoms with Gasteiger partial charge < -0.3 is 10.1 Å². The first-order chi connectivity index (χ1) is 14.4. The number of nitrogens with one attached hydrogen (secondary N) is 2. The smallest absolute Gasteiger partial charge is 0.337 e. The van der Waals surface area contributed by atoms with Crippen molar-refractivity contribution in [3.8, 4) is 0 Å². The minimum Gasteiger partial charge on any atom is -0.465 e. The van der Waals surface area contributed by atoms with Gasteiger partial charge in [-0.15, -0.1) is 10.2 Å². The molecule has 0 aliphatic rings. The number of carbonyl (C=O) groups excluding carboxylic acids is 3. The second kappa shape index (κ2) is 9.94. The molecule has 11 heteroatoms. The largest absolute Gasteiger partial charge is 0.465 e. The fourth-order valence-corrected chi connectivity index (χ4v) is 3.77. The first kappa shape index (κ1) is 21.4. The third-order valence-electron chi connectivity index (χ3n) is 3.65. The van der Waals surface area contributed by atoms with Gasteiger partial charge in [-0.1, -0.05) is 23.1 Å². The number of ether oxygens (including phenoxy) is 1. The predicted molar refractivity (Wildman–Crippen MR) is 111 cm³/mol. The number of amides is 2. The van der Waals surface area contributed by atoms with Crippen molar-refractivity contribution in [2.75, 3.05) is 23.5 Å². The minimum atomic E-state index is -0.456. The molecule has 0 radical (unpaired) electrons. The molecule has 0 bridgehead atoms. The van der Waals surface area contributed by atoms with E-state index >= 15 is 0 Å². The molecule has 0 unspecified atom stereocenters. The number of benzene rings is 2. The van der Waals surface area contributed by atoms with Gasteiger partial charge in [0.05, 0.1) is 18.4 Å². The molecule has 2 aromatic carbocycles.